The minimum absolute atomic E-state index is 0.870. The summed E-state index contributed by atoms with van der Waals surface area (Å²) in [5.41, 5.74) is 4.99. The van der Waals surface area contributed by atoms with E-state index in [2.05, 4.69) is 65.6 Å². The molecule has 0 atom stereocenters. The Bertz CT molecular complexity index is 578. The van der Waals surface area contributed by atoms with Crippen LogP contribution in [0.3, 0.4) is 0 Å². The molecule has 2 rings (SSSR count). The molecular formula is C17H23N3. The van der Waals surface area contributed by atoms with Crippen LogP contribution < -0.4 is 10.2 Å². The maximum atomic E-state index is 4.64. The summed E-state index contributed by atoms with van der Waals surface area (Å²) in [6, 6.07) is 12.8. The van der Waals surface area contributed by atoms with Gasteiger partial charge in [-0.15, -0.1) is 0 Å². The first kappa shape index (κ1) is 14.5. The van der Waals surface area contributed by atoms with Crippen LogP contribution in [0.5, 0.6) is 0 Å². The van der Waals surface area contributed by atoms with Gasteiger partial charge in [0.2, 0.25) is 0 Å². The van der Waals surface area contributed by atoms with E-state index in [1.54, 1.807) is 0 Å². The molecule has 0 fully saturated rings. The van der Waals surface area contributed by atoms with Crippen molar-refractivity contribution in [2.24, 2.45) is 0 Å². The van der Waals surface area contributed by atoms with E-state index >= 15 is 0 Å². The second kappa shape index (κ2) is 6.53. The van der Waals surface area contributed by atoms with Crippen molar-refractivity contribution in [3.63, 3.8) is 0 Å². The van der Waals surface area contributed by atoms with Gasteiger partial charge in [-0.2, -0.15) is 0 Å². The fourth-order valence-corrected chi connectivity index (χ4v) is 2.35. The average molecular weight is 269 g/mol. The summed E-state index contributed by atoms with van der Waals surface area (Å²) in [6.07, 6.45) is 0. The summed E-state index contributed by atoms with van der Waals surface area (Å²) in [5, 5.41) is 3.19. The van der Waals surface area contributed by atoms with Crippen molar-refractivity contribution in [1.82, 2.24) is 10.3 Å². The minimum atomic E-state index is 0.870. The van der Waals surface area contributed by atoms with Gasteiger partial charge >= 0.3 is 0 Å². The van der Waals surface area contributed by atoms with Crippen LogP contribution in [0.2, 0.25) is 0 Å². The van der Waals surface area contributed by atoms with Crippen molar-refractivity contribution >= 4 is 5.82 Å². The van der Waals surface area contributed by atoms with E-state index in [-0.39, 0.29) is 0 Å². The lowest BCUT2D eigenvalue weighted by atomic mass is 10.1. The van der Waals surface area contributed by atoms with Crippen LogP contribution in [-0.4, -0.2) is 19.1 Å². The molecule has 0 aliphatic carbocycles. The number of pyridine rings is 1. The number of nitrogens with zero attached hydrogens (tertiary/aromatic N) is 2. The third kappa shape index (κ3) is 3.58. The van der Waals surface area contributed by atoms with Crippen molar-refractivity contribution in [2.45, 2.75) is 26.9 Å². The van der Waals surface area contributed by atoms with Gasteiger partial charge < -0.3 is 10.2 Å². The number of rotatable bonds is 5. The molecule has 1 aromatic heterocycles. The van der Waals surface area contributed by atoms with Crippen molar-refractivity contribution in [1.29, 1.82) is 0 Å². The number of hydrogen-bond donors (Lipinski definition) is 1. The lowest BCUT2D eigenvalue weighted by molar-refractivity contribution is 0.808. The topological polar surface area (TPSA) is 28.2 Å². The third-order valence-electron chi connectivity index (χ3n) is 3.44. The fraction of sp³-hybridized carbons (Fsp3) is 0.353. The second-order valence-corrected chi connectivity index (χ2v) is 5.29. The summed E-state index contributed by atoms with van der Waals surface area (Å²) < 4.78 is 0. The summed E-state index contributed by atoms with van der Waals surface area (Å²) in [6.45, 7) is 5.94. The largest absolute Gasteiger partial charge is 0.355 e. The molecule has 1 heterocycles. The van der Waals surface area contributed by atoms with Crippen LogP contribution >= 0.6 is 0 Å². The summed E-state index contributed by atoms with van der Waals surface area (Å²) in [4.78, 5) is 6.84. The van der Waals surface area contributed by atoms with Crippen molar-refractivity contribution in [3.05, 3.63) is 58.8 Å². The molecule has 0 aliphatic rings. The number of anilines is 1. The Morgan fingerprint density at radius 3 is 2.60 bits per heavy atom. The van der Waals surface area contributed by atoms with Gasteiger partial charge in [0.1, 0.15) is 5.82 Å². The van der Waals surface area contributed by atoms with Gasteiger partial charge in [-0.05, 0) is 49.7 Å². The number of aromatic nitrogens is 1. The van der Waals surface area contributed by atoms with Gasteiger partial charge in [-0.1, -0.05) is 24.3 Å². The zero-order valence-electron chi connectivity index (χ0n) is 12.8. The molecule has 3 nitrogen and oxygen atoms in total. The normalized spacial score (nSPS) is 10.6. The summed E-state index contributed by atoms with van der Waals surface area (Å²) in [5.74, 6) is 1.03. The summed E-state index contributed by atoms with van der Waals surface area (Å²) >= 11 is 0. The SMILES string of the molecule is CNCc1cc(C)nc(N(C)Cc2ccccc2C)c1. The Morgan fingerprint density at radius 2 is 1.90 bits per heavy atom. The van der Waals surface area contributed by atoms with Crippen molar-refractivity contribution in [3.8, 4) is 0 Å². The van der Waals surface area contributed by atoms with E-state index in [9.17, 15) is 0 Å². The first-order chi connectivity index (χ1) is 9.60. The Labute approximate surface area is 121 Å². The molecule has 20 heavy (non-hydrogen) atoms. The van der Waals surface area contributed by atoms with Crippen molar-refractivity contribution in [2.75, 3.05) is 19.0 Å². The van der Waals surface area contributed by atoms with Crippen LogP contribution in [0, 0.1) is 13.8 Å². The van der Waals surface area contributed by atoms with E-state index < -0.39 is 0 Å². The van der Waals surface area contributed by atoms with Crippen LogP contribution in [-0.2, 0) is 13.1 Å². The molecule has 0 radical (unpaired) electrons. The quantitative estimate of drug-likeness (QED) is 0.904. The van der Waals surface area contributed by atoms with Gasteiger partial charge in [0.15, 0.2) is 0 Å². The molecule has 0 bridgehead atoms. The Kier molecular flexibility index (Phi) is 4.74. The van der Waals surface area contributed by atoms with Crippen molar-refractivity contribution < 1.29 is 0 Å². The molecular weight excluding hydrogens is 246 g/mol. The zero-order valence-corrected chi connectivity index (χ0v) is 12.8. The molecule has 0 unspecified atom stereocenters. The molecule has 0 amide bonds. The first-order valence-electron chi connectivity index (χ1n) is 6.98. The Hall–Kier alpha value is -1.87. The molecule has 0 spiro atoms. The molecule has 3 heteroatoms. The highest BCUT2D eigenvalue weighted by Gasteiger charge is 2.07. The highest BCUT2D eigenvalue weighted by molar-refractivity contribution is 5.43. The fourth-order valence-electron chi connectivity index (χ4n) is 2.35. The van der Waals surface area contributed by atoms with E-state index in [4.69, 9.17) is 0 Å². The predicted octanol–water partition coefficient (Wildman–Crippen LogP) is 3.05. The molecule has 1 N–H and O–H groups in total. The van der Waals surface area contributed by atoms with Crippen LogP contribution in [0.15, 0.2) is 36.4 Å². The smallest absolute Gasteiger partial charge is 0.129 e. The summed E-state index contributed by atoms with van der Waals surface area (Å²) in [7, 11) is 4.06. The standard InChI is InChI=1S/C17H23N3/c1-13-7-5-6-8-16(13)12-20(4)17-10-15(11-18-3)9-14(2)19-17/h5-10,18H,11-12H2,1-4H3. The van der Waals surface area contributed by atoms with Gasteiger partial charge in [0.25, 0.3) is 0 Å². The number of hydrogen-bond acceptors (Lipinski definition) is 3. The molecule has 106 valence electrons. The third-order valence-corrected chi connectivity index (χ3v) is 3.44. The Morgan fingerprint density at radius 1 is 1.15 bits per heavy atom. The number of nitrogens with one attached hydrogen (secondary N) is 1. The van der Waals surface area contributed by atoms with E-state index in [0.717, 1.165) is 24.6 Å². The van der Waals surface area contributed by atoms with Crippen LogP contribution in [0.1, 0.15) is 22.4 Å². The van der Waals surface area contributed by atoms with E-state index in [1.165, 1.54) is 16.7 Å². The maximum Gasteiger partial charge on any atom is 0.129 e. The predicted molar refractivity (Wildman–Crippen MR) is 85.0 cm³/mol. The first-order valence-corrected chi connectivity index (χ1v) is 6.98. The van der Waals surface area contributed by atoms with E-state index in [1.807, 2.05) is 14.0 Å². The van der Waals surface area contributed by atoms with Gasteiger partial charge in [-0.3, -0.25) is 0 Å². The van der Waals surface area contributed by atoms with Crippen LogP contribution in [0.25, 0.3) is 0 Å². The molecule has 1 aromatic carbocycles. The zero-order chi connectivity index (χ0) is 14.5. The van der Waals surface area contributed by atoms with Gasteiger partial charge in [-0.25, -0.2) is 4.98 Å². The van der Waals surface area contributed by atoms with Gasteiger partial charge in [0.05, 0.1) is 0 Å². The Balaban J connectivity index is 2.20. The lowest BCUT2D eigenvalue weighted by Crippen LogP contribution is -2.19. The molecule has 0 saturated heterocycles. The highest BCUT2D eigenvalue weighted by atomic mass is 15.2. The minimum Gasteiger partial charge on any atom is -0.355 e. The number of benzene rings is 1. The molecule has 0 aliphatic heterocycles. The van der Waals surface area contributed by atoms with Gasteiger partial charge in [0, 0.05) is 25.8 Å². The highest BCUT2D eigenvalue weighted by Crippen LogP contribution is 2.17. The number of aryl methyl sites for hydroxylation is 2. The monoisotopic (exact) mass is 269 g/mol. The lowest BCUT2D eigenvalue weighted by Gasteiger charge is -2.20. The van der Waals surface area contributed by atoms with Crippen LogP contribution in [0.4, 0.5) is 5.82 Å². The molecule has 2 aromatic rings. The molecule has 0 saturated carbocycles. The average Bonchev–Trinajstić information content (AvgIpc) is 2.41. The van der Waals surface area contributed by atoms with E-state index in [0.29, 0.717) is 0 Å². The maximum absolute atomic E-state index is 4.64. The second-order valence-electron chi connectivity index (χ2n) is 5.29.